The molecule has 0 bridgehead atoms. The predicted molar refractivity (Wildman–Crippen MR) is 59.8 cm³/mol. The van der Waals surface area contributed by atoms with Crippen molar-refractivity contribution < 1.29 is 4.42 Å². The molecule has 15 heavy (non-hydrogen) atoms. The van der Waals surface area contributed by atoms with Gasteiger partial charge in [0.1, 0.15) is 0 Å². The van der Waals surface area contributed by atoms with E-state index in [1.807, 2.05) is 19.0 Å². The lowest BCUT2D eigenvalue weighted by Gasteiger charge is -2.21. The van der Waals surface area contributed by atoms with Crippen molar-refractivity contribution in [1.82, 2.24) is 15.5 Å². The fourth-order valence-corrected chi connectivity index (χ4v) is 1.41. The van der Waals surface area contributed by atoms with Crippen molar-refractivity contribution in [3.05, 3.63) is 5.89 Å². The zero-order valence-corrected chi connectivity index (χ0v) is 9.95. The van der Waals surface area contributed by atoms with E-state index < -0.39 is 0 Å². The van der Waals surface area contributed by atoms with Gasteiger partial charge in [0.25, 0.3) is 0 Å². The summed E-state index contributed by atoms with van der Waals surface area (Å²) in [6.07, 6.45) is 2.28. The minimum absolute atomic E-state index is 0.429. The fourth-order valence-electron chi connectivity index (χ4n) is 1.41. The number of hydrogen-bond acceptors (Lipinski definition) is 5. The number of nitrogens with zero attached hydrogens (tertiary/aromatic N) is 3. The number of anilines is 1. The van der Waals surface area contributed by atoms with E-state index in [-0.39, 0.29) is 0 Å². The number of nitrogens with one attached hydrogen (secondary N) is 1. The molecule has 0 aromatic carbocycles. The van der Waals surface area contributed by atoms with Crippen LogP contribution in [0.5, 0.6) is 0 Å². The van der Waals surface area contributed by atoms with Gasteiger partial charge in [-0.1, -0.05) is 18.4 Å². The molecule has 5 heteroatoms. The summed E-state index contributed by atoms with van der Waals surface area (Å²) in [5.41, 5.74) is 0. The zero-order chi connectivity index (χ0) is 11.3. The number of hydrogen-bond donors (Lipinski definition) is 1. The molecule has 0 amide bonds. The monoisotopic (exact) mass is 212 g/mol. The van der Waals surface area contributed by atoms with Crippen LogP contribution in [-0.4, -0.2) is 30.3 Å². The molecule has 0 saturated carbocycles. The summed E-state index contributed by atoms with van der Waals surface area (Å²) in [7, 11) is 3.84. The van der Waals surface area contributed by atoms with Crippen LogP contribution in [0.4, 0.5) is 6.01 Å². The quantitative estimate of drug-likeness (QED) is 0.772. The summed E-state index contributed by atoms with van der Waals surface area (Å²) < 4.78 is 5.49. The SMILES string of the molecule is CCCC(C)N(C)c1nnc(CNC)o1. The van der Waals surface area contributed by atoms with Crippen LogP contribution in [0.2, 0.25) is 0 Å². The summed E-state index contributed by atoms with van der Waals surface area (Å²) in [5.74, 6) is 0.628. The summed E-state index contributed by atoms with van der Waals surface area (Å²) in [6.45, 7) is 4.94. The molecule has 0 aliphatic rings. The first kappa shape index (κ1) is 12.0. The Bertz CT molecular complexity index is 287. The predicted octanol–water partition coefficient (Wildman–Crippen LogP) is 1.41. The van der Waals surface area contributed by atoms with Crippen molar-refractivity contribution in [2.24, 2.45) is 0 Å². The summed E-state index contributed by atoms with van der Waals surface area (Å²) in [6, 6.07) is 1.03. The molecule has 0 fully saturated rings. The van der Waals surface area contributed by atoms with E-state index in [4.69, 9.17) is 4.42 Å². The molecule has 0 aliphatic carbocycles. The van der Waals surface area contributed by atoms with Gasteiger partial charge < -0.3 is 14.6 Å². The van der Waals surface area contributed by atoms with Gasteiger partial charge in [-0.3, -0.25) is 0 Å². The average molecular weight is 212 g/mol. The normalized spacial score (nSPS) is 12.8. The second kappa shape index (κ2) is 5.70. The maximum Gasteiger partial charge on any atom is 0.318 e. The minimum Gasteiger partial charge on any atom is -0.407 e. The van der Waals surface area contributed by atoms with Crippen LogP contribution in [0, 0.1) is 0 Å². The van der Waals surface area contributed by atoms with E-state index in [0.29, 0.717) is 24.5 Å². The molecule has 5 nitrogen and oxygen atoms in total. The van der Waals surface area contributed by atoms with Crippen molar-refractivity contribution >= 4 is 6.01 Å². The maximum atomic E-state index is 5.49. The second-order valence-corrected chi connectivity index (χ2v) is 3.76. The van der Waals surface area contributed by atoms with Gasteiger partial charge in [-0.25, -0.2) is 0 Å². The molecule has 0 radical (unpaired) electrons. The highest BCUT2D eigenvalue weighted by Gasteiger charge is 2.15. The Balaban J connectivity index is 2.60. The Morgan fingerprint density at radius 2 is 2.20 bits per heavy atom. The molecule has 1 aromatic heterocycles. The van der Waals surface area contributed by atoms with Crippen molar-refractivity contribution in [1.29, 1.82) is 0 Å². The van der Waals surface area contributed by atoms with Gasteiger partial charge in [-0.15, -0.1) is 5.10 Å². The zero-order valence-electron chi connectivity index (χ0n) is 9.95. The molecule has 1 rings (SSSR count). The van der Waals surface area contributed by atoms with Crippen LogP contribution in [0.25, 0.3) is 0 Å². The van der Waals surface area contributed by atoms with Gasteiger partial charge in [0.2, 0.25) is 5.89 Å². The van der Waals surface area contributed by atoms with Gasteiger partial charge in [-0.05, 0) is 20.4 Å². The summed E-state index contributed by atoms with van der Waals surface area (Å²) in [5, 5.41) is 10.9. The Kier molecular flexibility index (Phi) is 4.55. The lowest BCUT2D eigenvalue weighted by molar-refractivity contribution is 0.460. The lowest BCUT2D eigenvalue weighted by Crippen LogP contribution is -2.28. The van der Waals surface area contributed by atoms with Gasteiger partial charge >= 0.3 is 6.01 Å². The van der Waals surface area contributed by atoms with E-state index in [1.54, 1.807) is 0 Å². The second-order valence-electron chi connectivity index (χ2n) is 3.76. The summed E-state index contributed by atoms with van der Waals surface area (Å²) >= 11 is 0. The van der Waals surface area contributed by atoms with E-state index in [0.717, 1.165) is 12.8 Å². The third-order valence-corrected chi connectivity index (χ3v) is 2.45. The van der Waals surface area contributed by atoms with Crippen LogP contribution < -0.4 is 10.2 Å². The fraction of sp³-hybridized carbons (Fsp3) is 0.800. The molecular weight excluding hydrogens is 192 g/mol. The Morgan fingerprint density at radius 3 is 2.80 bits per heavy atom. The van der Waals surface area contributed by atoms with E-state index in [2.05, 4.69) is 29.4 Å². The summed E-state index contributed by atoms with van der Waals surface area (Å²) in [4.78, 5) is 2.02. The van der Waals surface area contributed by atoms with Crippen molar-refractivity contribution in [3.8, 4) is 0 Å². The standard InChI is InChI=1S/C10H20N4O/c1-5-6-8(2)14(4)10-13-12-9(15-10)7-11-3/h8,11H,5-7H2,1-4H3. The van der Waals surface area contributed by atoms with Crippen LogP contribution >= 0.6 is 0 Å². The van der Waals surface area contributed by atoms with Gasteiger partial charge in [0.15, 0.2) is 0 Å². The van der Waals surface area contributed by atoms with Crippen molar-refractivity contribution in [2.45, 2.75) is 39.3 Å². The van der Waals surface area contributed by atoms with Gasteiger partial charge in [0, 0.05) is 13.1 Å². The molecule has 0 saturated heterocycles. The first-order chi connectivity index (χ1) is 7.19. The Labute approximate surface area is 90.9 Å². The Hall–Kier alpha value is -1.10. The third-order valence-electron chi connectivity index (χ3n) is 2.45. The minimum atomic E-state index is 0.429. The maximum absolute atomic E-state index is 5.49. The molecule has 1 atom stereocenters. The average Bonchev–Trinajstić information content (AvgIpc) is 2.66. The number of rotatable bonds is 6. The molecule has 1 aromatic rings. The highest BCUT2D eigenvalue weighted by atomic mass is 16.4. The first-order valence-electron chi connectivity index (χ1n) is 5.38. The van der Waals surface area contributed by atoms with Gasteiger partial charge in [-0.2, -0.15) is 0 Å². The van der Waals surface area contributed by atoms with Crippen LogP contribution in [0.1, 0.15) is 32.6 Å². The molecule has 1 heterocycles. The molecule has 86 valence electrons. The molecule has 0 spiro atoms. The van der Waals surface area contributed by atoms with Crippen molar-refractivity contribution in [3.63, 3.8) is 0 Å². The van der Waals surface area contributed by atoms with Gasteiger partial charge in [0.05, 0.1) is 6.54 Å². The first-order valence-corrected chi connectivity index (χ1v) is 5.38. The van der Waals surface area contributed by atoms with Crippen LogP contribution in [0.15, 0.2) is 4.42 Å². The topological polar surface area (TPSA) is 54.2 Å². The molecular formula is C10H20N4O. The Morgan fingerprint density at radius 1 is 1.47 bits per heavy atom. The molecule has 1 unspecified atom stereocenters. The van der Waals surface area contributed by atoms with E-state index in [9.17, 15) is 0 Å². The highest BCUT2D eigenvalue weighted by molar-refractivity contribution is 5.23. The lowest BCUT2D eigenvalue weighted by atomic mass is 10.2. The third kappa shape index (κ3) is 3.20. The highest BCUT2D eigenvalue weighted by Crippen LogP contribution is 2.15. The molecule has 0 aliphatic heterocycles. The van der Waals surface area contributed by atoms with Crippen LogP contribution in [-0.2, 0) is 6.54 Å². The van der Waals surface area contributed by atoms with Crippen LogP contribution in [0.3, 0.4) is 0 Å². The van der Waals surface area contributed by atoms with E-state index >= 15 is 0 Å². The molecule has 1 N–H and O–H groups in total. The van der Waals surface area contributed by atoms with E-state index in [1.165, 1.54) is 0 Å². The smallest absolute Gasteiger partial charge is 0.318 e. The number of aromatic nitrogens is 2. The largest absolute Gasteiger partial charge is 0.407 e. The van der Waals surface area contributed by atoms with Crippen molar-refractivity contribution in [2.75, 3.05) is 19.0 Å².